The zero-order valence-electron chi connectivity index (χ0n) is 11.8. The second kappa shape index (κ2) is 7.35. The van der Waals surface area contributed by atoms with E-state index >= 15 is 0 Å². The minimum absolute atomic E-state index is 0.0655. The predicted molar refractivity (Wildman–Crippen MR) is 74.0 cm³/mol. The fraction of sp³-hybridized carbons (Fsp3) is 0.667. The smallest absolute Gasteiger partial charge is 0.330 e. The highest BCUT2D eigenvalue weighted by molar-refractivity contribution is 9.10. The van der Waals surface area contributed by atoms with Gasteiger partial charge in [-0.25, -0.2) is 18.7 Å². The van der Waals surface area contributed by atoms with Gasteiger partial charge < -0.3 is 10.1 Å². The van der Waals surface area contributed by atoms with E-state index in [1.54, 1.807) is 7.05 Å². The van der Waals surface area contributed by atoms with E-state index in [0.29, 0.717) is 16.0 Å². The number of nitrogens with zero attached hydrogens (tertiary/aromatic N) is 2. The molecule has 0 fully saturated rings. The van der Waals surface area contributed by atoms with Crippen molar-refractivity contribution in [3.05, 3.63) is 16.0 Å². The van der Waals surface area contributed by atoms with E-state index in [2.05, 4.69) is 36.0 Å². The largest absolute Gasteiger partial charge is 0.372 e. The maximum absolute atomic E-state index is 12.7. The highest BCUT2D eigenvalue weighted by Crippen LogP contribution is 2.29. The average molecular weight is 374 g/mol. The molecule has 4 nitrogen and oxygen atoms in total. The summed E-state index contributed by atoms with van der Waals surface area (Å²) in [5.74, 6) is -3.48. The Bertz CT molecular complexity index is 486. The van der Waals surface area contributed by atoms with Gasteiger partial charge in [0, 0.05) is 7.05 Å². The van der Waals surface area contributed by atoms with Crippen molar-refractivity contribution in [1.82, 2.24) is 9.97 Å². The van der Waals surface area contributed by atoms with Crippen molar-refractivity contribution in [1.29, 1.82) is 0 Å². The van der Waals surface area contributed by atoms with Gasteiger partial charge in [-0.15, -0.1) is 0 Å². The van der Waals surface area contributed by atoms with Gasteiger partial charge in [-0.2, -0.15) is 8.78 Å². The highest BCUT2D eigenvalue weighted by atomic mass is 79.9. The molecule has 0 aromatic carbocycles. The van der Waals surface area contributed by atoms with Crippen LogP contribution >= 0.6 is 15.9 Å². The third-order valence-electron chi connectivity index (χ3n) is 2.55. The molecule has 0 spiro atoms. The molecular weight excluding hydrogens is 358 g/mol. The van der Waals surface area contributed by atoms with Crippen molar-refractivity contribution >= 4 is 21.7 Å². The molecule has 0 aliphatic heterocycles. The first-order valence-electron chi connectivity index (χ1n) is 6.16. The summed E-state index contributed by atoms with van der Waals surface area (Å²) in [6.07, 6.45) is -3.76. The van der Waals surface area contributed by atoms with Crippen molar-refractivity contribution < 1.29 is 22.3 Å². The Balaban J connectivity index is 2.83. The van der Waals surface area contributed by atoms with Crippen LogP contribution in [0.3, 0.4) is 0 Å². The van der Waals surface area contributed by atoms with Crippen LogP contribution in [0.2, 0.25) is 0 Å². The molecule has 0 aliphatic rings. The van der Waals surface area contributed by atoms with Gasteiger partial charge in [0.2, 0.25) is 0 Å². The van der Waals surface area contributed by atoms with Crippen molar-refractivity contribution in [3.63, 3.8) is 0 Å². The lowest BCUT2D eigenvalue weighted by molar-refractivity contribution is -0.168. The van der Waals surface area contributed by atoms with Crippen LogP contribution in [0.1, 0.15) is 31.3 Å². The summed E-state index contributed by atoms with van der Waals surface area (Å²) in [7, 11) is 1.65. The van der Waals surface area contributed by atoms with Crippen molar-refractivity contribution in [2.75, 3.05) is 19.0 Å². The summed E-state index contributed by atoms with van der Waals surface area (Å²) in [6.45, 7) is 2.06. The van der Waals surface area contributed by atoms with Gasteiger partial charge >= 0.3 is 12.3 Å². The maximum Gasteiger partial charge on any atom is 0.330 e. The summed E-state index contributed by atoms with van der Waals surface area (Å²) in [5.41, 5.74) is 0.675. The normalized spacial score (nSPS) is 12.3. The fourth-order valence-corrected chi connectivity index (χ4v) is 2.30. The number of hydrogen-bond donors (Lipinski definition) is 1. The van der Waals surface area contributed by atoms with Gasteiger partial charge in [0.25, 0.3) is 0 Å². The molecule has 9 heteroatoms. The zero-order chi connectivity index (χ0) is 16.2. The molecule has 1 N–H and O–H groups in total. The molecule has 120 valence electrons. The van der Waals surface area contributed by atoms with Crippen LogP contribution < -0.4 is 5.32 Å². The second-order valence-corrected chi connectivity index (χ2v) is 5.44. The average Bonchev–Trinajstić information content (AvgIpc) is 2.39. The minimum atomic E-state index is -4.18. The molecule has 1 aromatic heterocycles. The molecular formula is C12H16BrF4N3O. The quantitative estimate of drug-likeness (QED) is 0.738. The maximum atomic E-state index is 12.7. The monoisotopic (exact) mass is 373 g/mol. The topological polar surface area (TPSA) is 47.0 Å². The van der Waals surface area contributed by atoms with Crippen LogP contribution in [0.25, 0.3) is 0 Å². The first-order valence-corrected chi connectivity index (χ1v) is 6.96. The Kier molecular flexibility index (Phi) is 6.33. The Hall–Kier alpha value is -0.960. The lowest BCUT2D eigenvalue weighted by Gasteiger charge is -2.16. The summed E-state index contributed by atoms with van der Waals surface area (Å²) in [6, 6.07) is 0. The molecule has 0 atom stereocenters. The molecule has 0 aliphatic carbocycles. The van der Waals surface area contributed by atoms with Gasteiger partial charge in [0.15, 0.2) is 5.82 Å². The number of alkyl halides is 4. The summed E-state index contributed by atoms with van der Waals surface area (Å²) in [5, 5.41) is 2.83. The molecule has 21 heavy (non-hydrogen) atoms. The third-order valence-corrected chi connectivity index (χ3v) is 3.33. The molecule has 1 rings (SSSR count). The molecule has 0 bridgehead atoms. The van der Waals surface area contributed by atoms with E-state index in [4.69, 9.17) is 0 Å². The van der Waals surface area contributed by atoms with Crippen LogP contribution in [0.5, 0.6) is 0 Å². The van der Waals surface area contributed by atoms with Crippen LogP contribution in [0.15, 0.2) is 4.47 Å². The Labute approximate surface area is 128 Å². The first-order chi connectivity index (χ1) is 9.69. The van der Waals surface area contributed by atoms with E-state index in [1.807, 2.05) is 13.8 Å². The van der Waals surface area contributed by atoms with E-state index in [0.717, 1.165) is 0 Å². The highest BCUT2D eigenvalue weighted by Gasteiger charge is 2.41. The molecule has 0 radical (unpaired) electrons. The van der Waals surface area contributed by atoms with E-state index in [9.17, 15) is 17.6 Å². The fourth-order valence-electron chi connectivity index (χ4n) is 1.47. The summed E-state index contributed by atoms with van der Waals surface area (Å²) < 4.78 is 54.8. The van der Waals surface area contributed by atoms with Gasteiger partial charge in [0.05, 0.1) is 10.2 Å². The van der Waals surface area contributed by atoms with Crippen LogP contribution in [-0.4, -0.2) is 36.0 Å². The van der Waals surface area contributed by atoms with E-state index in [1.165, 1.54) is 0 Å². The Morgan fingerprint density at radius 1 is 1.29 bits per heavy atom. The minimum Gasteiger partial charge on any atom is -0.372 e. The van der Waals surface area contributed by atoms with Crippen LogP contribution in [0, 0.1) is 0 Å². The summed E-state index contributed by atoms with van der Waals surface area (Å²) in [4.78, 5) is 8.26. The number of halogens is 5. The van der Waals surface area contributed by atoms with Gasteiger partial charge in [-0.05, 0) is 21.8 Å². The summed E-state index contributed by atoms with van der Waals surface area (Å²) >= 11 is 3.35. The molecule has 0 amide bonds. The molecule has 1 aromatic rings. The van der Waals surface area contributed by atoms with Crippen molar-refractivity contribution in [2.45, 2.75) is 38.7 Å². The van der Waals surface area contributed by atoms with Gasteiger partial charge in [-0.3, -0.25) is 0 Å². The molecule has 1 heterocycles. The lowest BCUT2D eigenvalue weighted by Crippen LogP contribution is -2.32. The second-order valence-electron chi connectivity index (χ2n) is 4.65. The number of aromatic nitrogens is 2. The number of rotatable bonds is 7. The van der Waals surface area contributed by atoms with E-state index in [-0.39, 0.29) is 18.3 Å². The third kappa shape index (κ3) is 4.77. The van der Waals surface area contributed by atoms with Gasteiger partial charge in [0.1, 0.15) is 19.0 Å². The SMILES string of the molecule is CNc1nc(COCC(F)(F)C(F)F)nc(C(C)C)c1Br. The van der Waals surface area contributed by atoms with Crippen molar-refractivity contribution in [3.8, 4) is 0 Å². The van der Waals surface area contributed by atoms with Crippen LogP contribution in [-0.2, 0) is 11.3 Å². The molecule has 0 saturated carbocycles. The number of anilines is 1. The molecule has 0 unspecified atom stereocenters. The predicted octanol–water partition coefficient (Wildman–Crippen LogP) is 3.82. The number of ether oxygens (including phenoxy) is 1. The molecule has 0 saturated heterocycles. The zero-order valence-corrected chi connectivity index (χ0v) is 13.3. The van der Waals surface area contributed by atoms with Crippen molar-refractivity contribution in [2.24, 2.45) is 0 Å². The number of nitrogens with one attached hydrogen (secondary N) is 1. The van der Waals surface area contributed by atoms with Crippen LogP contribution in [0.4, 0.5) is 23.4 Å². The number of hydrogen-bond acceptors (Lipinski definition) is 4. The lowest BCUT2D eigenvalue weighted by atomic mass is 10.1. The first kappa shape index (κ1) is 18.1. The Morgan fingerprint density at radius 3 is 2.38 bits per heavy atom. The standard InChI is InChI=1S/C12H16BrF4N3O/c1-6(2)9-8(13)10(18-3)20-7(19-9)4-21-5-12(16,17)11(14)15/h6,11H,4-5H2,1-3H3,(H,18,19,20). The van der Waals surface area contributed by atoms with Gasteiger partial charge in [-0.1, -0.05) is 13.8 Å². The van der Waals surface area contributed by atoms with E-state index < -0.39 is 19.0 Å². The Morgan fingerprint density at radius 2 is 1.90 bits per heavy atom.